The van der Waals surface area contributed by atoms with E-state index in [0.29, 0.717) is 5.75 Å². The average molecular weight is 195 g/mol. The number of thioether (sulfide) groups is 1. The molecule has 1 rings (SSSR count). The number of aryl methyl sites for hydroxylation is 2. The normalized spacial score (nSPS) is 10.0. The Morgan fingerprint density at radius 2 is 2.15 bits per heavy atom. The van der Waals surface area contributed by atoms with E-state index < -0.39 is 0 Å². The average Bonchev–Trinajstić information content (AvgIpc) is 2.06. The van der Waals surface area contributed by atoms with Crippen molar-refractivity contribution in [1.29, 1.82) is 0 Å². The van der Waals surface area contributed by atoms with Crippen molar-refractivity contribution >= 4 is 17.7 Å². The predicted octanol–water partition coefficient (Wildman–Crippen LogP) is 1.88. The Labute approximate surface area is 82.5 Å². The topological polar surface area (TPSA) is 43.1 Å². The Morgan fingerprint density at radius 3 is 2.77 bits per heavy atom. The third-order valence-corrected chi connectivity index (χ3v) is 2.89. The maximum atomic E-state index is 10.6. The van der Waals surface area contributed by atoms with Gasteiger partial charge in [0.25, 0.3) is 0 Å². The molecule has 70 valence electrons. The van der Waals surface area contributed by atoms with Crippen molar-refractivity contribution in [3.8, 4) is 0 Å². The standard InChI is InChI=1S/C10H13NOS/c1-7-3-4-8(2)9(5-7)13-6-10(11)12/h3-5H,6H2,1-2H3,(H2,11,12). The zero-order valence-electron chi connectivity index (χ0n) is 7.83. The number of carbonyl (C=O) groups is 1. The fourth-order valence-electron chi connectivity index (χ4n) is 1.01. The monoisotopic (exact) mass is 195 g/mol. The highest BCUT2D eigenvalue weighted by Gasteiger charge is 2.01. The van der Waals surface area contributed by atoms with Crippen LogP contribution in [0, 0.1) is 13.8 Å². The van der Waals surface area contributed by atoms with E-state index in [1.807, 2.05) is 13.8 Å². The summed E-state index contributed by atoms with van der Waals surface area (Å²) in [4.78, 5) is 11.7. The van der Waals surface area contributed by atoms with Gasteiger partial charge in [0.1, 0.15) is 0 Å². The van der Waals surface area contributed by atoms with Gasteiger partial charge < -0.3 is 5.73 Å². The van der Waals surface area contributed by atoms with Gasteiger partial charge in [0, 0.05) is 4.90 Å². The lowest BCUT2D eigenvalue weighted by Crippen LogP contribution is -2.13. The van der Waals surface area contributed by atoms with Gasteiger partial charge in [-0.1, -0.05) is 17.7 Å². The number of hydrogen-bond donors (Lipinski definition) is 1. The first-order valence-corrected chi connectivity index (χ1v) is 5.06. The summed E-state index contributed by atoms with van der Waals surface area (Å²) in [7, 11) is 0. The van der Waals surface area contributed by atoms with Crippen LogP contribution in [0.15, 0.2) is 23.1 Å². The van der Waals surface area contributed by atoms with Crippen molar-refractivity contribution in [2.75, 3.05) is 5.75 Å². The molecule has 0 saturated heterocycles. The van der Waals surface area contributed by atoms with Gasteiger partial charge in [-0.05, 0) is 25.5 Å². The molecule has 0 heterocycles. The second kappa shape index (κ2) is 4.33. The molecule has 2 nitrogen and oxygen atoms in total. The quantitative estimate of drug-likeness (QED) is 0.748. The lowest BCUT2D eigenvalue weighted by Gasteiger charge is -2.04. The van der Waals surface area contributed by atoms with Crippen molar-refractivity contribution in [3.05, 3.63) is 29.3 Å². The molecule has 0 unspecified atom stereocenters. The van der Waals surface area contributed by atoms with Gasteiger partial charge in [-0.3, -0.25) is 4.79 Å². The Morgan fingerprint density at radius 1 is 1.46 bits per heavy atom. The van der Waals surface area contributed by atoms with Gasteiger partial charge in [-0.2, -0.15) is 0 Å². The van der Waals surface area contributed by atoms with Crippen molar-refractivity contribution in [2.45, 2.75) is 18.7 Å². The molecule has 0 spiro atoms. The zero-order chi connectivity index (χ0) is 9.84. The number of nitrogens with two attached hydrogens (primary N) is 1. The predicted molar refractivity (Wildman–Crippen MR) is 55.8 cm³/mol. The highest BCUT2D eigenvalue weighted by atomic mass is 32.2. The van der Waals surface area contributed by atoms with E-state index in [4.69, 9.17) is 5.73 Å². The Hall–Kier alpha value is -0.960. The fourth-order valence-corrected chi connectivity index (χ4v) is 1.87. The highest BCUT2D eigenvalue weighted by molar-refractivity contribution is 8.00. The van der Waals surface area contributed by atoms with Crippen LogP contribution in [0.25, 0.3) is 0 Å². The van der Waals surface area contributed by atoms with E-state index in [1.54, 1.807) is 0 Å². The molecule has 0 aromatic heterocycles. The minimum atomic E-state index is -0.272. The van der Waals surface area contributed by atoms with Crippen molar-refractivity contribution < 1.29 is 4.79 Å². The molecule has 0 aliphatic carbocycles. The molecule has 0 radical (unpaired) electrons. The summed E-state index contributed by atoms with van der Waals surface area (Å²) in [5.41, 5.74) is 7.47. The first-order valence-electron chi connectivity index (χ1n) is 4.08. The number of amides is 1. The molecule has 0 bridgehead atoms. The number of primary amides is 1. The third kappa shape index (κ3) is 3.11. The molecule has 0 saturated carbocycles. The van der Waals surface area contributed by atoms with E-state index in [1.165, 1.54) is 22.9 Å². The highest BCUT2D eigenvalue weighted by Crippen LogP contribution is 2.22. The third-order valence-electron chi connectivity index (χ3n) is 1.71. The van der Waals surface area contributed by atoms with Gasteiger partial charge in [-0.25, -0.2) is 0 Å². The van der Waals surface area contributed by atoms with Crippen molar-refractivity contribution in [1.82, 2.24) is 0 Å². The van der Waals surface area contributed by atoms with Gasteiger partial charge >= 0.3 is 0 Å². The van der Waals surface area contributed by atoms with E-state index in [2.05, 4.69) is 18.2 Å². The molecular formula is C10H13NOS. The van der Waals surface area contributed by atoms with E-state index >= 15 is 0 Å². The summed E-state index contributed by atoms with van der Waals surface area (Å²) in [6, 6.07) is 6.19. The summed E-state index contributed by atoms with van der Waals surface area (Å²) >= 11 is 1.49. The van der Waals surface area contributed by atoms with Crippen molar-refractivity contribution in [3.63, 3.8) is 0 Å². The minimum absolute atomic E-state index is 0.272. The second-order valence-corrected chi connectivity index (χ2v) is 4.04. The molecule has 0 atom stereocenters. The Balaban J connectivity index is 2.75. The molecule has 13 heavy (non-hydrogen) atoms. The van der Waals surface area contributed by atoms with Crippen LogP contribution >= 0.6 is 11.8 Å². The number of hydrogen-bond acceptors (Lipinski definition) is 2. The molecule has 3 heteroatoms. The zero-order valence-corrected chi connectivity index (χ0v) is 8.65. The lowest BCUT2D eigenvalue weighted by molar-refractivity contribution is -0.115. The molecule has 1 aromatic rings. The summed E-state index contributed by atoms with van der Waals surface area (Å²) in [6.07, 6.45) is 0. The smallest absolute Gasteiger partial charge is 0.227 e. The first-order chi connectivity index (χ1) is 6.09. The van der Waals surface area contributed by atoms with E-state index in [-0.39, 0.29) is 5.91 Å². The molecule has 0 aliphatic rings. The fraction of sp³-hybridized carbons (Fsp3) is 0.300. The number of rotatable bonds is 3. The number of carbonyl (C=O) groups excluding carboxylic acids is 1. The maximum Gasteiger partial charge on any atom is 0.227 e. The van der Waals surface area contributed by atoms with Gasteiger partial charge in [0.15, 0.2) is 0 Å². The summed E-state index contributed by atoms with van der Waals surface area (Å²) in [6.45, 7) is 4.07. The van der Waals surface area contributed by atoms with Crippen LogP contribution in [0.1, 0.15) is 11.1 Å². The molecule has 1 amide bonds. The van der Waals surface area contributed by atoms with Crippen LogP contribution in [-0.4, -0.2) is 11.7 Å². The van der Waals surface area contributed by atoms with Crippen LogP contribution in [0.2, 0.25) is 0 Å². The van der Waals surface area contributed by atoms with Gasteiger partial charge in [-0.15, -0.1) is 11.8 Å². The minimum Gasteiger partial charge on any atom is -0.369 e. The van der Waals surface area contributed by atoms with Crippen LogP contribution < -0.4 is 5.73 Å². The SMILES string of the molecule is Cc1ccc(C)c(SCC(N)=O)c1. The summed E-state index contributed by atoms with van der Waals surface area (Å²) in [5, 5.41) is 0. The summed E-state index contributed by atoms with van der Waals surface area (Å²) < 4.78 is 0. The van der Waals surface area contributed by atoms with Crippen LogP contribution in [0.4, 0.5) is 0 Å². The van der Waals surface area contributed by atoms with Gasteiger partial charge in [0.05, 0.1) is 5.75 Å². The van der Waals surface area contributed by atoms with Crippen molar-refractivity contribution in [2.24, 2.45) is 5.73 Å². The lowest BCUT2D eigenvalue weighted by atomic mass is 10.2. The molecule has 1 aromatic carbocycles. The Kier molecular flexibility index (Phi) is 3.37. The van der Waals surface area contributed by atoms with Gasteiger partial charge in [0.2, 0.25) is 5.91 Å². The first kappa shape index (κ1) is 10.1. The molecule has 0 fully saturated rings. The number of benzene rings is 1. The molecule has 2 N–H and O–H groups in total. The van der Waals surface area contributed by atoms with Crippen LogP contribution in [-0.2, 0) is 4.79 Å². The second-order valence-electron chi connectivity index (χ2n) is 3.02. The van der Waals surface area contributed by atoms with Crippen LogP contribution in [0.5, 0.6) is 0 Å². The van der Waals surface area contributed by atoms with Crippen LogP contribution in [0.3, 0.4) is 0 Å². The maximum absolute atomic E-state index is 10.6. The molecule has 0 aliphatic heterocycles. The molecular weight excluding hydrogens is 182 g/mol. The van der Waals surface area contributed by atoms with E-state index in [9.17, 15) is 4.79 Å². The summed E-state index contributed by atoms with van der Waals surface area (Å²) in [5.74, 6) is 0.0792. The Bertz CT molecular complexity index is 323. The van der Waals surface area contributed by atoms with E-state index in [0.717, 1.165) is 4.90 Å². The largest absolute Gasteiger partial charge is 0.369 e.